The van der Waals surface area contributed by atoms with Crippen molar-refractivity contribution in [3.63, 3.8) is 0 Å². The number of nitrogens with one attached hydrogen (secondary N) is 1. The van der Waals surface area contributed by atoms with E-state index in [1.165, 1.54) is 12.1 Å². The Labute approximate surface area is 141 Å². The Hall–Kier alpha value is -2.41. The first kappa shape index (κ1) is 15.5. The predicted molar refractivity (Wildman–Crippen MR) is 96.9 cm³/mol. The Morgan fingerprint density at radius 2 is 1.70 bits per heavy atom. The predicted octanol–water partition coefficient (Wildman–Crippen LogP) is 4.74. The van der Waals surface area contributed by atoms with Gasteiger partial charge in [0.05, 0.1) is 17.6 Å². The molecule has 0 saturated carbocycles. The van der Waals surface area contributed by atoms with Crippen LogP contribution in [0.15, 0.2) is 70.2 Å². The molecule has 3 aromatic rings. The van der Waals surface area contributed by atoms with E-state index in [4.69, 9.17) is 5.21 Å². The van der Waals surface area contributed by atoms with E-state index in [1.807, 2.05) is 36.4 Å². The molecule has 3 rings (SSSR count). The van der Waals surface area contributed by atoms with Gasteiger partial charge in [0, 0.05) is 10.0 Å². The maximum absolute atomic E-state index is 10.7. The summed E-state index contributed by atoms with van der Waals surface area (Å²) in [5, 5.41) is 25.8. The first-order valence-electron chi connectivity index (χ1n) is 6.88. The summed E-state index contributed by atoms with van der Waals surface area (Å²) >= 11 is 3.54. The summed E-state index contributed by atoms with van der Waals surface area (Å²) in [4.78, 5) is 0. The van der Waals surface area contributed by atoms with Crippen molar-refractivity contribution in [3.05, 3.63) is 75.9 Å². The number of fused-ring (bicyclic) bond motifs is 1. The summed E-state index contributed by atoms with van der Waals surface area (Å²) < 4.78 is 1.04. The highest BCUT2D eigenvalue weighted by molar-refractivity contribution is 9.10. The molecule has 0 radical (unpaired) electrons. The Bertz CT molecular complexity index is 848. The number of hydrogen-bond acceptors (Lipinski definition) is 5. The van der Waals surface area contributed by atoms with Gasteiger partial charge in [-0.3, -0.25) is 10.6 Å². The summed E-state index contributed by atoms with van der Waals surface area (Å²) in [5.74, 6) is 0. The summed E-state index contributed by atoms with van der Waals surface area (Å²) in [6.07, 6.45) is 1.74. The van der Waals surface area contributed by atoms with Gasteiger partial charge in [-0.25, -0.2) is 0 Å². The lowest BCUT2D eigenvalue weighted by atomic mass is 10.1. The minimum absolute atomic E-state index is 0.165. The first-order chi connectivity index (χ1) is 11.1. The van der Waals surface area contributed by atoms with E-state index in [0.29, 0.717) is 5.69 Å². The molecule has 0 aliphatic heterocycles. The Morgan fingerprint density at radius 3 is 2.43 bits per heavy atom. The maximum atomic E-state index is 10.7. The normalized spacial score (nSPS) is 11.1. The van der Waals surface area contributed by atoms with Crippen molar-refractivity contribution in [1.29, 1.82) is 0 Å². The third-order valence-electron chi connectivity index (χ3n) is 3.39. The molecule has 0 heterocycles. The van der Waals surface area contributed by atoms with Gasteiger partial charge in [-0.1, -0.05) is 46.3 Å². The Kier molecular flexibility index (Phi) is 4.57. The Balaban J connectivity index is 1.79. The van der Waals surface area contributed by atoms with Crippen molar-refractivity contribution in [1.82, 2.24) is 0 Å². The van der Waals surface area contributed by atoms with E-state index in [2.05, 4.69) is 26.5 Å². The van der Waals surface area contributed by atoms with Crippen LogP contribution < -0.4 is 10.7 Å². The number of halogens is 1. The average Bonchev–Trinajstić information content (AvgIpc) is 2.56. The van der Waals surface area contributed by atoms with Crippen LogP contribution in [0, 0.1) is 5.21 Å². The molecule has 0 fully saturated rings. The minimum atomic E-state index is -0.180. The van der Waals surface area contributed by atoms with Crippen LogP contribution in [-0.4, -0.2) is 11.4 Å². The van der Waals surface area contributed by atoms with Crippen LogP contribution in [0.25, 0.3) is 10.8 Å². The molecule has 5 nitrogen and oxygen atoms in total. The lowest BCUT2D eigenvalue weighted by Crippen LogP contribution is -2.06. The maximum Gasteiger partial charge on any atom is 0.0563 e. The fourth-order valence-corrected chi connectivity index (χ4v) is 2.75. The highest BCUT2D eigenvalue weighted by Crippen LogP contribution is 2.25. The van der Waals surface area contributed by atoms with E-state index in [1.54, 1.807) is 18.3 Å². The zero-order chi connectivity index (χ0) is 16.2. The number of hydrogen-bond donors (Lipinski definition) is 2. The van der Waals surface area contributed by atoms with E-state index < -0.39 is 0 Å². The standard InChI is InChI=1S/C17H13BrN3O2/c18-17-6-2-4-15-12(3-1-5-16(15)17)11-19-20-13-7-9-14(10-8-13)21(22)23/h1-11,20,22H/q-1. The monoisotopic (exact) mass is 370 g/mol. The van der Waals surface area contributed by atoms with Crippen LogP contribution in [0.3, 0.4) is 0 Å². The fourth-order valence-electron chi connectivity index (χ4n) is 2.25. The quantitative estimate of drug-likeness (QED) is 0.513. The molecule has 0 atom stereocenters. The van der Waals surface area contributed by atoms with Crippen molar-refractivity contribution in [3.8, 4) is 0 Å². The van der Waals surface area contributed by atoms with E-state index >= 15 is 0 Å². The number of benzene rings is 3. The molecule has 0 aliphatic rings. The van der Waals surface area contributed by atoms with Crippen molar-refractivity contribution in [2.75, 3.05) is 10.7 Å². The van der Waals surface area contributed by atoms with Gasteiger partial charge in [0.1, 0.15) is 0 Å². The summed E-state index contributed by atoms with van der Waals surface area (Å²) in [7, 11) is 0. The topological polar surface area (TPSA) is 70.9 Å². The zero-order valence-electron chi connectivity index (χ0n) is 12.0. The van der Waals surface area contributed by atoms with Crippen LogP contribution in [0.1, 0.15) is 5.56 Å². The molecular weight excluding hydrogens is 358 g/mol. The van der Waals surface area contributed by atoms with Crippen LogP contribution in [0.2, 0.25) is 0 Å². The third kappa shape index (κ3) is 3.50. The summed E-state index contributed by atoms with van der Waals surface area (Å²) in [5.41, 5.74) is 4.77. The number of hydrazone groups is 1. The van der Waals surface area contributed by atoms with Gasteiger partial charge < -0.3 is 10.4 Å². The second-order valence-electron chi connectivity index (χ2n) is 4.87. The van der Waals surface area contributed by atoms with Gasteiger partial charge in [0.15, 0.2) is 0 Å². The smallest absolute Gasteiger partial charge is 0.0563 e. The molecule has 0 amide bonds. The van der Waals surface area contributed by atoms with Gasteiger partial charge in [-0.05, 0) is 41.1 Å². The highest BCUT2D eigenvalue weighted by atomic mass is 79.9. The molecule has 3 aromatic carbocycles. The fraction of sp³-hybridized carbons (Fsp3) is 0. The van der Waals surface area contributed by atoms with Gasteiger partial charge >= 0.3 is 0 Å². The van der Waals surface area contributed by atoms with E-state index in [-0.39, 0.29) is 10.9 Å². The average molecular weight is 371 g/mol. The lowest BCUT2D eigenvalue weighted by Gasteiger charge is -2.21. The van der Waals surface area contributed by atoms with Gasteiger partial charge in [0.2, 0.25) is 0 Å². The van der Waals surface area contributed by atoms with Crippen molar-refractivity contribution < 1.29 is 5.21 Å². The molecule has 0 spiro atoms. The van der Waals surface area contributed by atoms with Crippen molar-refractivity contribution >= 4 is 44.3 Å². The molecule has 23 heavy (non-hydrogen) atoms. The SMILES string of the molecule is [O-]N(O)c1ccc(NN=Cc2cccc3c(Br)cccc23)cc1. The third-order valence-corrected chi connectivity index (χ3v) is 4.08. The van der Waals surface area contributed by atoms with Crippen molar-refractivity contribution in [2.24, 2.45) is 5.10 Å². The second kappa shape index (κ2) is 6.78. The van der Waals surface area contributed by atoms with Crippen LogP contribution >= 0.6 is 15.9 Å². The summed E-state index contributed by atoms with van der Waals surface area (Å²) in [6, 6.07) is 18.4. The van der Waals surface area contributed by atoms with Crippen LogP contribution in [0.4, 0.5) is 11.4 Å². The highest BCUT2D eigenvalue weighted by Gasteiger charge is 2.01. The molecule has 0 aromatic heterocycles. The molecule has 116 valence electrons. The van der Waals surface area contributed by atoms with Crippen LogP contribution in [-0.2, 0) is 0 Å². The number of anilines is 2. The zero-order valence-corrected chi connectivity index (χ0v) is 13.6. The molecular formula is C17H13BrN3O2-. The van der Waals surface area contributed by atoms with Crippen molar-refractivity contribution in [2.45, 2.75) is 0 Å². The molecule has 0 saturated heterocycles. The molecule has 0 unspecified atom stereocenters. The molecule has 0 bridgehead atoms. The first-order valence-corrected chi connectivity index (χ1v) is 7.67. The van der Waals surface area contributed by atoms with E-state index in [9.17, 15) is 5.21 Å². The summed E-state index contributed by atoms with van der Waals surface area (Å²) in [6.45, 7) is 0. The second-order valence-corrected chi connectivity index (χ2v) is 5.73. The molecule has 0 aliphatic carbocycles. The number of nitrogens with zero attached hydrogens (tertiary/aromatic N) is 2. The minimum Gasteiger partial charge on any atom is -0.733 e. The lowest BCUT2D eigenvalue weighted by molar-refractivity contribution is 0.296. The molecule has 6 heteroatoms. The largest absolute Gasteiger partial charge is 0.733 e. The van der Waals surface area contributed by atoms with Gasteiger partial charge in [0.25, 0.3) is 0 Å². The number of rotatable bonds is 4. The van der Waals surface area contributed by atoms with Gasteiger partial charge in [-0.2, -0.15) is 5.10 Å². The van der Waals surface area contributed by atoms with Crippen LogP contribution in [0.5, 0.6) is 0 Å². The van der Waals surface area contributed by atoms with Gasteiger partial charge in [-0.15, -0.1) is 0 Å². The Morgan fingerprint density at radius 1 is 1.00 bits per heavy atom. The molecule has 2 N–H and O–H groups in total. The van der Waals surface area contributed by atoms with E-state index in [0.717, 1.165) is 20.8 Å².